The zero-order valence-electron chi connectivity index (χ0n) is 16.0. The second-order valence-corrected chi connectivity index (χ2v) is 8.66. The Morgan fingerprint density at radius 1 is 1.14 bits per heavy atom. The molecule has 4 saturated heterocycles. The second-order valence-electron chi connectivity index (χ2n) is 8.66. The van der Waals surface area contributed by atoms with Crippen LogP contribution in [0.2, 0.25) is 0 Å². The molecule has 0 aromatic rings. The predicted octanol–water partition coefficient (Wildman–Crippen LogP) is 3.23. The quantitative estimate of drug-likeness (QED) is 0.715. The molecule has 5 aliphatic rings. The van der Waals surface area contributed by atoms with E-state index in [1.807, 2.05) is 6.92 Å². The van der Waals surface area contributed by atoms with Crippen molar-refractivity contribution in [3.8, 4) is 0 Å². The summed E-state index contributed by atoms with van der Waals surface area (Å²) in [6, 6.07) is 0. The van der Waals surface area contributed by atoms with Crippen molar-refractivity contribution in [2.75, 3.05) is 6.61 Å². The maximum absolute atomic E-state index is 14.2. The number of ether oxygens (including phenoxy) is 3. The smallest absolute Gasteiger partial charge is 0.443 e. The van der Waals surface area contributed by atoms with Gasteiger partial charge in [-0.05, 0) is 38.0 Å². The van der Waals surface area contributed by atoms with Crippen molar-refractivity contribution in [2.45, 2.75) is 76.1 Å². The van der Waals surface area contributed by atoms with Crippen LogP contribution in [-0.2, 0) is 28.8 Å². The van der Waals surface area contributed by atoms with Gasteiger partial charge < -0.3 is 19.3 Å². The van der Waals surface area contributed by atoms with Crippen molar-refractivity contribution in [3.05, 3.63) is 0 Å². The lowest BCUT2D eigenvalue weighted by molar-refractivity contribution is -0.598. The van der Waals surface area contributed by atoms with Crippen molar-refractivity contribution in [3.63, 3.8) is 0 Å². The van der Waals surface area contributed by atoms with Gasteiger partial charge in [0.25, 0.3) is 5.79 Å². The van der Waals surface area contributed by atoms with Crippen LogP contribution in [0, 0.1) is 23.7 Å². The molecule has 0 aromatic carbocycles. The van der Waals surface area contributed by atoms with Crippen molar-refractivity contribution < 1.29 is 47.1 Å². The van der Waals surface area contributed by atoms with E-state index in [-0.39, 0.29) is 11.8 Å². The number of rotatable bonds is 3. The summed E-state index contributed by atoms with van der Waals surface area (Å²) in [6.07, 6.45) is -4.04. The van der Waals surface area contributed by atoms with Crippen LogP contribution < -0.4 is 0 Å². The maximum Gasteiger partial charge on any atom is 0.443 e. The van der Waals surface area contributed by atoms with Gasteiger partial charge in [-0.15, -0.1) is 0 Å². The predicted molar refractivity (Wildman–Crippen MR) is 85.4 cm³/mol. The zero-order valence-corrected chi connectivity index (χ0v) is 16.0. The second kappa shape index (κ2) is 6.28. The van der Waals surface area contributed by atoms with Crippen LogP contribution in [0.1, 0.15) is 46.5 Å². The molecule has 0 radical (unpaired) electrons. The summed E-state index contributed by atoms with van der Waals surface area (Å²) in [5, 5.41) is 8.92. The highest BCUT2D eigenvalue weighted by atomic mass is 19.4. The number of halogens is 3. The van der Waals surface area contributed by atoms with Gasteiger partial charge in [-0.3, -0.25) is 0 Å². The van der Waals surface area contributed by atoms with Crippen LogP contribution >= 0.6 is 0 Å². The van der Waals surface area contributed by atoms with Crippen LogP contribution in [0.4, 0.5) is 13.2 Å². The average Bonchev–Trinajstić information content (AvgIpc) is 2.82. The molecule has 0 aromatic heterocycles. The maximum atomic E-state index is 14.2. The number of alkyl halides is 3. The van der Waals surface area contributed by atoms with Gasteiger partial charge in [0.2, 0.25) is 5.79 Å². The Morgan fingerprint density at radius 2 is 1.86 bits per heavy atom. The minimum absolute atomic E-state index is 0.103. The summed E-state index contributed by atoms with van der Waals surface area (Å²) in [7, 11) is 0. The molecule has 2 bridgehead atoms. The number of hydrogen-bond acceptors (Lipinski definition) is 6. The molecule has 4 aliphatic heterocycles. The van der Waals surface area contributed by atoms with Crippen molar-refractivity contribution in [1.82, 2.24) is 0 Å². The van der Waals surface area contributed by atoms with E-state index < -0.39 is 54.1 Å². The first kappa shape index (κ1) is 20.3. The van der Waals surface area contributed by atoms with Gasteiger partial charge in [-0.2, -0.15) is 13.2 Å². The Balaban J connectivity index is 1.81. The normalized spacial score (nSPS) is 50.7. The molecule has 1 spiro atoms. The minimum atomic E-state index is -4.96. The Bertz CT molecular complexity index is 658. The number of carbonyl (C=O) groups is 1. The van der Waals surface area contributed by atoms with E-state index in [2.05, 4.69) is 0 Å². The summed E-state index contributed by atoms with van der Waals surface area (Å²) in [5.74, 6) is -7.60. The van der Waals surface area contributed by atoms with E-state index in [1.165, 1.54) is 6.92 Å². The summed E-state index contributed by atoms with van der Waals surface area (Å²) >= 11 is 0. The molecule has 1 saturated carbocycles. The third-order valence-electron chi connectivity index (χ3n) is 7.07. The third-order valence-corrected chi connectivity index (χ3v) is 7.07. The molecule has 1 aliphatic carbocycles. The SMILES string of the molecule is C[C@@H]1CC[C@H]2[C@@H](C)C(OCC(=O)O)(C(F)(F)F)O[C@@H]3O[C@]4(C)CC[C@@H]1[C@]32OO4. The van der Waals surface area contributed by atoms with Crippen molar-refractivity contribution in [2.24, 2.45) is 23.7 Å². The fourth-order valence-corrected chi connectivity index (χ4v) is 5.66. The molecule has 0 amide bonds. The van der Waals surface area contributed by atoms with Crippen LogP contribution in [0.5, 0.6) is 0 Å². The van der Waals surface area contributed by atoms with Crippen LogP contribution in [-0.4, -0.2) is 47.3 Å². The standard InChI is InChI=1S/C18H25F3O7/c1-9-4-5-12-10(2)17(18(19,20)21,24-8-13(22)23)26-14-16(12)11(9)6-7-15(3,25-14)27-28-16/h9-12,14H,4-8H2,1-3H3,(H,22,23)/t9-,10-,11+,12+,14+,15+,16-,17?/m1/s1. The lowest BCUT2D eigenvalue weighted by Gasteiger charge is -2.62. The zero-order chi connectivity index (χ0) is 20.5. The molecule has 4 heterocycles. The number of fused-ring (bicyclic) bond motifs is 2. The van der Waals surface area contributed by atoms with Gasteiger partial charge >= 0.3 is 12.1 Å². The molecule has 8 atom stereocenters. The first-order valence-corrected chi connectivity index (χ1v) is 9.60. The topological polar surface area (TPSA) is 83.5 Å². The van der Waals surface area contributed by atoms with Crippen LogP contribution in [0.25, 0.3) is 0 Å². The Hall–Kier alpha value is -0.940. The lowest BCUT2D eigenvalue weighted by atomic mass is 9.57. The molecule has 160 valence electrons. The Labute approximate surface area is 160 Å². The van der Waals surface area contributed by atoms with Crippen molar-refractivity contribution in [1.29, 1.82) is 0 Å². The highest BCUT2D eigenvalue weighted by molar-refractivity contribution is 5.68. The highest BCUT2D eigenvalue weighted by Gasteiger charge is 2.77. The number of carboxylic acids is 1. The van der Waals surface area contributed by atoms with E-state index in [0.717, 1.165) is 6.42 Å². The van der Waals surface area contributed by atoms with Gasteiger partial charge in [0, 0.05) is 18.3 Å². The monoisotopic (exact) mass is 410 g/mol. The first-order valence-electron chi connectivity index (χ1n) is 9.60. The summed E-state index contributed by atoms with van der Waals surface area (Å²) < 4.78 is 59.0. The minimum Gasteiger partial charge on any atom is -0.480 e. The van der Waals surface area contributed by atoms with E-state index in [1.54, 1.807) is 6.92 Å². The number of aliphatic carboxylic acids is 1. The fraction of sp³-hybridized carbons (Fsp3) is 0.944. The number of hydrogen-bond donors (Lipinski definition) is 1. The van der Waals surface area contributed by atoms with Crippen LogP contribution in [0.3, 0.4) is 0 Å². The average molecular weight is 410 g/mol. The van der Waals surface area contributed by atoms with E-state index >= 15 is 0 Å². The Kier molecular flexibility index (Phi) is 4.56. The van der Waals surface area contributed by atoms with E-state index in [0.29, 0.717) is 19.3 Å². The van der Waals surface area contributed by atoms with E-state index in [9.17, 15) is 18.0 Å². The van der Waals surface area contributed by atoms with E-state index in [4.69, 9.17) is 29.1 Å². The van der Waals surface area contributed by atoms with Crippen LogP contribution in [0.15, 0.2) is 0 Å². The molecule has 7 nitrogen and oxygen atoms in total. The fourth-order valence-electron chi connectivity index (χ4n) is 5.66. The molecular weight excluding hydrogens is 385 g/mol. The van der Waals surface area contributed by atoms with Gasteiger partial charge in [-0.1, -0.05) is 13.8 Å². The molecule has 1 unspecified atom stereocenters. The largest absolute Gasteiger partial charge is 0.480 e. The van der Waals surface area contributed by atoms with Gasteiger partial charge in [0.1, 0.15) is 6.61 Å². The number of carboxylic acid groups (broad SMARTS) is 1. The molecule has 28 heavy (non-hydrogen) atoms. The van der Waals surface area contributed by atoms with Gasteiger partial charge in [-0.25, -0.2) is 14.6 Å². The summed E-state index contributed by atoms with van der Waals surface area (Å²) in [6.45, 7) is 3.89. The molecule has 5 rings (SSSR count). The molecule has 10 heteroatoms. The highest BCUT2D eigenvalue weighted by Crippen LogP contribution is 2.64. The summed E-state index contributed by atoms with van der Waals surface area (Å²) in [4.78, 5) is 22.3. The molecule has 5 fully saturated rings. The molecular formula is C18H25F3O7. The summed E-state index contributed by atoms with van der Waals surface area (Å²) in [5.41, 5.74) is -1.19. The van der Waals surface area contributed by atoms with Gasteiger partial charge in [0.05, 0.1) is 0 Å². The first-order chi connectivity index (χ1) is 13.0. The Morgan fingerprint density at radius 3 is 2.50 bits per heavy atom. The van der Waals surface area contributed by atoms with Gasteiger partial charge in [0.15, 0.2) is 11.9 Å². The third kappa shape index (κ3) is 2.64. The van der Waals surface area contributed by atoms with Crippen molar-refractivity contribution >= 4 is 5.97 Å². The lowest BCUT2D eigenvalue weighted by Crippen LogP contribution is -2.76. The molecule has 1 N–H and O–H groups in total.